The molecule has 106 valence electrons. The molecule has 1 atom stereocenters. The smallest absolute Gasteiger partial charge is 0.171 e. The van der Waals surface area contributed by atoms with Crippen molar-refractivity contribution in [3.8, 4) is 0 Å². The lowest BCUT2D eigenvalue weighted by atomic mass is 10.1. The zero-order valence-corrected chi connectivity index (χ0v) is 14.0. The summed E-state index contributed by atoms with van der Waals surface area (Å²) in [7, 11) is 0. The maximum Gasteiger partial charge on any atom is 0.171 e. The summed E-state index contributed by atoms with van der Waals surface area (Å²) in [6, 6.07) is 8.33. The molecule has 0 unspecified atom stereocenters. The van der Waals surface area contributed by atoms with E-state index in [-0.39, 0.29) is 6.04 Å². The molecule has 0 aliphatic heterocycles. The molecule has 0 aliphatic rings. The lowest BCUT2D eigenvalue weighted by Gasteiger charge is -2.18. The number of aryl methyl sites for hydroxylation is 2. The van der Waals surface area contributed by atoms with Crippen LogP contribution in [-0.2, 0) is 0 Å². The first-order chi connectivity index (χ1) is 9.47. The van der Waals surface area contributed by atoms with Gasteiger partial charge in [0.05, 0.1) is 16.8 Å². The number of anilines is 1. The van der Waals surface area contributed by atoms with Gasteiger partial charge in [0.1, 0.15) is 0 Å². The van der Waals surface area contributed by atoms with Gasteiger partial charge in [-0.2, -0.15) is 0 Å². The predicted molar refractivity (Wildman–Crippen MR) is 93.0 cm³/mol. The van der Waals surface area contributed by atoms with E-state index in [0.717, 1.165) is 16.8 Å². The molecule has 0 bridgehead atoms. The summed E-state index contributed by atoms with van der Waals surface area (Å²) in [5.41, 5.74) is 3.10. The van der Waals surface area contributed by atoms with Gasteiger partial charge < -0.3 is 10.6 Å². The van der Waals surface area contributed by atoms with Crippen molar-refractivity contribution in [2.24, 2.45) is 0 Å². The summed E-state index contributed by atoms with van der Waals surface area (Å²) in [4.78, 5) is 1.25. The fourth-order valence-electron chi connectivity index (χ4n) is 2.03. The molecule has 1 heterocycles. The third-order valence-corrected chi connectivity index (χ3v) is 4.56. The molecule has 0 saturated carbocycles. The summed E-state index contributed by atoms with van der Waals surface area (Å²) in [6.45, 7) is 6.13. The summed E-state index contributed by atoms with van der Waals surface area (Å²) >= 11 is 13.3. The molecule has 0 fully saturated rings. The Hall–Kier alpha value is -1.10. The number of hydrogen-bond acceptors (Lipinski definition) is 2. The second-order valence-corrected chi connectivity index (χ2v) is 6.57. The first-order valence-electron chi connectivity index (χ1n) is 6.35. The van der Waals surface area contributed by atoms with Crippen molar-refractivity contribution in [3.63, 3.8) is 0 Å². The molecule has 1 aromatic heterocycles. The average molecular weight is 325 g/mol. The van der Waals surface area contributed by atoms with Crippen molar-refractivity contribution in [2.45, 2.75) is 26.8 Å². The van der Waals surface area contributed by atoms with E-state index in [2.05, 4.69) is 35.1 Å². The molecule has 2 rings (SSSR count). The third kappa shape index (κ3) is 3.72. The lowest BCUT2D eigenvalue weighted by Crippen LogP contribution is -2.30. The van der Waals surface area contributed by atoms with Crippen LogP contribution in [0.4, 0.5) is 5.69 Å². The van der Waals surface area contributed by atoms with Crippen LogP contribution in [-0.4, -0.2) is 5.11 Å². The van der Waals surface area contributed by atoms with Crippen LogP contribution in [0.5, 0.6) is 0 Å². The molecule has 0 amide bonds. The standard InChI is InChI=1S/C15H17ClN2S2/c1-9-7-10(2)14(12(16)8-9)18-15(19)17-11(3)13-5-4-6-20-13/h4-8,11H,1-3H3,(H2,17,18,19)/t11-/m0/s1. The maximum atomic E-state index is 6.27. The molecule has 1 aromatic carbocycles. The lowest BCUT2D eigenvalue weighted by molar-refractivity contribution is 0.737. The van der Waals surface area contributed by atoms with Gasteiger partial charge >= 0.3 is 0 Å². The minimum absolute atomic E-state index is 0.180. The highest BCUT2D eigenvalue weighted by Crippen LogP contribution is 2.27. The van der Waals surface area contributed by atoms with E-state index in [4.69, 9.17) is 23.8 Å². The van der Waals surface area contributed by atoms with Gasteiger partial charge in [-0.3, -0.25) is 0 Å². The zero-order chi connectivity index (χ0) is 14.7. The SMILES string of the molecule is Cc1cc(C)c(NC(=S)N[C@@H](C)c2cccs2)c(Cl)c1. The molecular weight excluding hydrogens is 308 g/mol. The van der Waals surface area contributed by atoms with Gasteiger partial charge in [0.15, 0.2) is 5.11 Å². The summed E-state index contributed by atoms with van der Waals surface area (Å²) in [5, 5.41) is 9.80. The van der Waals surface area contributed by atoms with Crippen LogP contribution >= 0.6 is 35.2 Å². The van der Waals surface area contributed by atoms with Crippen molar-refractivity contribution in [1.82, 2.24) is 5.32 Å². The van der Waals surface area contributed by atoms with Crippen molar-refractivity contribution >= 4 is 46.0 Å². The highest BCUT2D eigenvalue weighted by molar-refractivity contribution is 7.80. The van der Waals surface area contributed by atoms with Crippen LogP contribution in [0.3, 0.4) is 0 Å². The number of thiophene rings is 1. The molecule has 2 N–H and O–H groups in total. The Labute approximate surface area is 134 Å². The maximum absolute atomic E-state index is 6.27. The summed E-state index contributed by atoms with van der Waals surface area (Å²) < 4.78 is 0. The number of nitrogens with one attached hydrogen (secondary N) is 2. The quantitative estimate of drug-likeness (QED) is 0.771. The van der Waals surface area contributed by atoms with Crippen molar-refractivity contribution in [2.75, 3.05) is 5.32 Å². The predicted octanol–water partition coefficient (Wildman–Crippen LogP) is 5.07. The highest BCUT2D eigenvalue weighted by atomic mass is 35.5. The van der Waals surface area contributed by atoms with Crippen molar-refractivity contribution in [1.29, 1.82) is 0 Å². The molecular formula is C15H17ClN2S2. The minimum atomic E-state index is 0.180. The molecule has 0 aliphatic carbocycles. The molecule has 5 heteroatoms. The number of thiocarbonyl (C=S) groups is 1. The van der Waals surface area contributed by atoms with E-state index >= 15 is 0 Å². The van der Waals surface area contributed by atoms with Gasteiger partial charge in [-0.15, -0.1) is 11.3 Å². The van der Waals surface area contributed by atoms with E-state index in [0.29, 0.717) is 10.1 Å². The van der Waals surface area contributed by atoms with Crippen LogP contribution in [0.1, 0.15) is 29.0 Å². The fraction of sp³-hybridized carbons (Fsp3) is 0.267. The Kier molecular flexibility index (Phi) is 5.02. The Balaban J connectivity index is 2.05. The van der Waals surface area contributed by atoms with Crippen LogP contribution in [0.15, 0.2) is 29.6 Å². The second-order valence-electron chi connectivity index (χ2n) is 4.77. The van der Waals surface area contributed by atoms with Crippen molar-refractivity contribution in [3.05, 3.63) is 50.7 Å². The van der Waals surface area contributed by atoms with Crippen molar-refractivity contribution < 1.29 is 0 Å². The third-order valence-electron chi connectivity index (χ3n) is 2.99. The first-order valence-corrected chi connectivity index (χ1v) is 8.01. The summed E-state index contributed by atoms with van der Waals surface area (Å²) in [5.74, 6) is 0. The molecule has 0 saturated heterocycles. The van der Waals surface area contributed by atoms with Gasteiger partial charge in [-0.1, -0.05) is 23.7 Å². The monoisotopic (exact) mass is 324 g/mol. The Bertz CT molecular complexity index is 585. The fourth-order valence-corrected chi connectivity index (χ4v) is 3.41. The largest absolute Gasteiger partial charge is 0.355 e. The van der Waals surface area contributed by atoms with Gasteiger partial charge in [0.25, 0.3) is 0 Å². The molecule has 2 aromatic rings. The number of benzene rings is 1. The van der Waals surface area contributed by atoms with Gasteiger partial charge in [-0.25, -0.2) is 0 Å². The van der Waals surface area contributed by atoms with E-state index in [1.165, 1.54) is 4.88 Å². The number of rotatable bonds is 3. The van der Waals surface area contributed by atoms with Crippen LogP contribution < -0.4 is 10.6 Å². The van der Waals surface area contributed by atoms with E-state index in [1.807, 2.05) is 26.0 Å². The van der Waals surface area contributed by atoms with Gasteiger partial charge in [-0.05, 0) is 61.6 Å². The number of halogens is 1. The second kappa shape index (κ2) is 6.57. The van der Waals surface area contributed by atoms with E-state index in [9.17, 15) is 0 Å². The molecule has 20 heavy (non-hydrogen) atoms. The average Bonchev–Trinajstić information content (AvgIpc) is 2.87. The highest BCUT2D eigenvalue weighted by Gasteiger charge is 2.11. The first kappa shape index (κ1) is 15.3. The molecule has 0 spiro atoms. The minimum Gasteiger partial charge on any atom is -0.355 e. The zero-order valence-electron chi connectivity index (χ0n) is 11.7. The summed E-state index contributed by atoms with van der Waals surface area (Å²) in [6.07, 6.45) is 0. The Morgan fingerprint density at radius 2 is 2.10 bits per heavy atom. The van der Waals surface area contributed by atoms with Crippen LogP contribution in [0.25, 0.3) is 0 Å². The Morgan fingerprint density at radius 3 is 2.70 bits per heavy atom. The van der Waals surface area contributed by atoms with E-state index in [1.54, 1.807) is 11.3 Å². The normalized spacial score (nSPS) is 12.0. The van der Waals surface area contributed by atoms with Gasteiger partial charge in [0.2, 0.25) is 0 Å². The Morgan fingerprint density at radius 1 is 1.35 bits per heavy atom. The topological polar surface area (TPSA) is 24.1 Å². The van der Waals surface area contributed by atoms with E-state index < -0.39 is 0 Å². The van der Waals surface area contributed by atoms with Crippen LogP contribution in [0, 0.1) is 13.8 Å². The van der Waals surface area contributed by atoms with Crippen LogP contribution in [0.2, 0.25) is 5.02 Å². The molecule has 0 radical (unpaired) electrons. The number of hydrogen-bond donors (Lipinski definition) is 2. The molecule has 2 nitrogen and oxygen atoms in total. The van der Waals surface area contributed by atoms with Gasteiger partial charge in [0, 0.05) is 4.88 Å².